The van der Waals surface area contributed by atoms with Crippen LogP contribution in [0, 0.1) is 0 Å². The number of rotatable bonds is 5. The third kappa shape index (κ3) is 4.42. The van der Waals surface area contributed by atoms with E-state index >= 15 is 0 Å². The number of aryl methyl sites for hydroxylation is 1. The van der Waals surface area contributed by atoms with Crippen LogP contribution in [0.3, 0.4) is 0 Å². The Morgan fingerprint density at radius 1 is 1.25 bits per heavy atom. The molecular formula is C21H27N5O2. The molecule has 3 rings (SSSR count). The minimum absolute atomic E-state index is 0.448. The minimum atomic E-state index is -0.540. The Morgan fingerprint density at radius 2 is 1.96 bits per heavy atom. The zero-order chi connectivity index (χ0) is 20.3. The van der Waals surface area contributed by atoms with Crippen LogP contribution in [-0.2, 0) is 11.2 Å². The lowest BCUT2D eigenvalue weighted by atomic mass is 10.1. The van der Waals surface area contributed by atoms with Crippen LogP contribution in [0.2, 0.25) is 0 Å². The van der Waals surface area contributed by atoms with Crippen LogP contribution < -0.4 is 11.1 Å². The van der Waals surface area contributed by atoms with Crippen molar-refractivity contribution in [3.63, 3.8) is 0 Å². The molecule has 0 fully saturated rings. The van der Waals surface area contributed by atoms with E-state index in [2.05, 4.69) is 28.4 Å². The molecule has 0 radical (unpaired) electrons. The van der Waals surface area contributed by atoms with Crippen molar-refractivity contribution in [1.29, 1.82) is 0 Å². The van der Waals surface area contributed by atoms with Crippen LogP contribution in [0.15, 0.2) is 36.7 Å². The Balaban J connectivity index is 1.89. The van der Waals surface area contributed by atoms with Gasteiger partial charge >= 0.3 is 6.09 Å². The fourth-order valence-corrected chi connectivity index (χ4v) is 3.04. The number of carbonyl (C=O) groups excluding carboxylic acids is 1. The molecule has 1 amide bonds. The number of hydrogen-bond donors (Lipinski definition) is 2. The Kier molecular flexibility index (Phi) is 5.53. The molecule has 0 bridgehead atoms. The van der Waals surface area contributed by atoms with Crippen molar-refractivity contribution in [3.05, 3.63) is 42.4 Å². The van der Waals surface area contributed by atoms with E-state index in [1.807, 2.05) is 49.6 Å². The fraction of sp³-hybridized carbons (Fsp3) is 0.381. The summed E-state index contributed by atoms with van der Waals surface area (Å²) in [6.45, 7) is 7.65. The molecule has 0 saturated carbocycles. The zero-order valence-electron chi connectivity index (χ0n) is 16.8. The van der Waals surface area contributed by atoms with Gasteiger partial charge in [-0.15, -0.1) is 0 Å². The largest absolute Gasteiger partial charge is 0.444 e. The summed E-state index contributed by atoms with van der Waals surface area (Å²) in [5, 5.41) is 7.13. The lowest BCUT2D eigenvalue weighted by Crippen LogP contribution is -2.27. The van der Waals surface area contributed by atoms with Crippen molar-refractivity contribution < 1.29 is 9.53 Å². The van der Waals surface area contributed by atoms with Gasteiger partial charge in [0.05, 0.1) is 0 Å². The molecule has 0 unspecified atom stereocenters. The molecular weight excluding hydrogens is 354 g/mol. The third-order valence-electron chi connectivity index (χ3n) is 4.28. The molecule has 0 aliphatic heterocycles. The molecule has 2 heterocycles. The molecule has 0 aliphatic rings. The van der Waals surface area contributed by atoms with Crippen molar-refractivity contribution in [2.24, 2.45) is 0 Å². The van der Waals surface area contributed by atoms with E-state index in [1.54, 1.807) is 0 Å². The summed E-state index contributed by atoms with van der Waals surface area (Å²) in [7, 11) is 0. The van der Waals surface area contributed by atoms with Gasteiger partial charge in [-0.05, 0) is 57.4 Å². The van der Waals surface area contributed by atoms with Gasteiger partial charge in [0.15, 0.2) is 5.82 Å². The van der Waals surface area contributed by atoms with Crippen molar-refractivity contribution >= 4 is 23.1 Å². The number of amides is 1. The number of hydrogen-bond acceptors (Lipinski definition) is 5. The van der Waals surface area contributed by atoms with Crippen molar-refractivity contribution in [2.75, 3.05) is 11.1 Å². The molecule has 3 aromatic rings. The van der Waals surface area contributed by atoms with Gasteiger partial charge in [0.2, 0.25) is 0 Å². The van der Waals surface area contributed by atoms with Crippen LogP contribution in [-0.4, -0.2) is 26.3 Å². The summed E-state index contributed by atoms with van der Waals surface area (Å²) in [5.41, 5.74) is 10.1. The second-order valence-corrected chi connectivity index (χ2v) is 7.76. The molecule has 7 nitrogen and oxygen atoms in total. The summed E-state index contributed by atoms with van der Waals surface area (Å²) in [6.07, 6.45) is 4.11. The van der Waals surface area contributed by atoms with Gasteiger partial charge in [-0.1, -0.05) is 25.5 Å². The average Bonchev–Trinajstić information content (AvgIpc) is 2.99. The molecule has 0 saturated heterocycles. The molecule has 1 aromatic carbocycles. The summed E-state index contributed by atoms with van der Waals surface area (Å²) < 4.78 is 7.16. The van der Waals surface area contributed by atoms with Crippen LogP contribution in [0.5, 0.6) is 0 Å². The quantitative estimate of drug-likeness (QED) is 0.670. The maximum absolute atomic E-state index is 11.9. The van der Waals surface area contributed by atoms with Gasteiger partial charge in [-0.25, -0.2) is 14.3 Å². The highest BCUT2D eigenvalue weighted by molar-refractivity contribution is 5.90. The first-order valence-corrected chi connectivity index (χ1v) is 9.50. The number of nitrogen functional groups attached to an aromatic ring is 1. The van der Waals surface area contributed by atoms with Crippen molar-refractivity contribution in [2.45, 2.75) is 52.6 Å². The number of ether oxygens (including phenoxy) is 1. The van der Waals surface area contributed by atoms with Gasteiger partial charge in [-0.3, -0.25) is 5.32 Å². The Labute approximate surface area is 164 Å². The molecule has 3 N–H and O–H groups in total. The first-order chi connectivity index (χ1) is 13.3. The number of unbranched alkanes of at least 4 members (excludes halogenated alkanes) is 1. The topological polar surface area (TPSA) is 94.5 Å². The number of nitrogens with two attached hydrogens (primary N) is 1. The lowest BCUT2D eigenvalue weighted by Gasteiger charge is -2.19. The molecule has 0 atom stereocenters. The second kappa shape index (κ2) is 7.88. The van der Waals surface area contributed by atoms with Gasteiger partial charge < -0.3 is 10.5 Å². The smallest absolute Gasteiger partial charge is 0.412 e. The summed E-state index contributed by atoms with van der Waals surface area (Å²) in [5.74, 6) is 0.448. The highest BCUT2D eigenvalue weighted by Crippen LogP contribution is 2.31. The number of fused-ring (bicyclic) bond motifs is 1. The Bertz CT molecular complexity index is 971. The van der Waals surface area contributed by atoms with E-state index in [4.69, 9.17) is 10.5 Å². The highest BCUT2D eigenvalue weighted by atomic mass is 16.6. The van der Waals surface area contributed by atoms with Crippen LogP contribution in [0.4, 0.5) is 16.3 Å². The number of anilines is 2. The number of benzene rings is 1. The maximum Gasteiger partial charge on any atom is 0.412 e. The van der Waals surface area contributed by atoms with Crippen LogP contribution in [0.1, 0.15) is 46.2 Å². The van der Waals surface area contributed by atoms with E-state index in [9.17, 15) is 4.79 Å². The SMILES string of the molecule is CCCCc1cc(-c2ccc(NC(=O)OC(C)(C)C)cc2)c2c(N)ncnn12. The first kappa shape index (κ1) is 19.7. The van der Waals surface area contributed by atoms with E-state index < -0.39 is 11.7 Å². The highest BCUT2D eigenvalue weighted by Gasteiger charge is 2.17. The number of nitrogens with one attached hydrogen (secondary N) is 1. The summed E-state index contributed by atoms with van der Waals surface area (Å²) in [4.78, 5) is 16.1. The molecule has 0 spiro atoms. The van der Waals surface area contributed by atoms with E-state index in [-0.39, 0.29) is 0 Å². The van der Waals surface area contributed by atoms with Crippen molar-refractivity contribution in [1.82, 2.24) is 14.6 Å². The van der Waals surface area contributed by atoms with Crippen LogP contribution >= 0.6 is 0 Å². The first-order valence-electron chi connectivity index (χ1n) is 9.50. The third-order valence-corrected chi connectivity index (χ3v) is 4.28. The molecule has 7 heteroatoms. The summed E-state index contributed by atoms with van der Waals surface area (Å²) in [6, 6.07) is 9.69. The number of carbonyl (C=O) groups is 1. The Hall–Kier alpha value is -3.09. The molecule has 148 valence electrons. The van der Waals surface area contributed by atoms with Crippen molar-refractivity contribution in [3.8, 4) is 11.1 Å². The van der Waals surface area contributed by atoms with Gasteiger partial charge in [0.1, 0.15) is 17.4 Å². The standard InChI is InChI=1S/C21H27N5O2/c1-5-6-7-16-12-17(18-19(22)23-13-24-26(16)18)14-8-10-15(11-9-14)25-20(27)28-21(2,3)4/h8-13H,5-7H2,1-4H3,(H,25,27)(H2,22,23,24). The normalized spacial score (nSPS) is 11.6. The predicted molar refractivity (Wildman–Crippen MR) is 111 cm³/mol. The fourth-order valence-electron chi connectivity index (χ4n) is 3.04. The number of nitrogens with zero attached hydrogens (tertiary/aromatic N) is 3. The zero-order valence-corrected chi connectivity index (χ0v) is 16.8. The monoisotopic (exact) mass is 381 g/mol. The second-order valence-electron chi connectivity index (χ2n) is 7.76. The lowest BCUT2D eigenvalue weighted by molar-refractivity contribution is 0.0636. The number of aromatic nitrogens is 3. The minimum Gasteiger partial charge on any atom is -0.444 e. The van der Waals surface area contributed by atoms with Crippen LogP contribution in [0.25, 0.3) is 16.6 Å². The van der Waals surface area contributed by atoms with E-state index in [0.29, 0.717) is 11.5 Å². The molecule has 28 heavy (non-hydrogen) atoms. The Morgan fingerprint density at radius 3 is 2.61 bits per heavy atom. The summed E-state index contributed by atoms with van der Waals surface area (Å²) >= 11 is 0. The molecule has 0 aliphatic carbocycles. The maximum atomic E-state index is 11.9. The van der Waals surface area contributed by atoms with Gasteiger partial charge in [0, 0.05) is 16.9 Å². The average molecular weight is 381 g/mol. The van der Waals surface area contributed by atoms with E-state index in [1.165, 1.54) is 6.33 Å². The van der Waals surface area contributed by atoms with E-state index in [0.717, 1.165) is 41.6 Å². The predicted octanol–water partition coefficient (Wildman–Crippen LogP) is 4.67. The molecule has 2 aromatic heterocycles. The van der Waals surface area contributed by atoms with Gasteiger partial charge in [0.25, 0.3) is 0 Å². The van der Waals surface area contributed by atoms with Gasteiger partial charge in [-0.2, -0.15) is 5.10 Å².